The molecule has 3 aliphatic heterocycles. The maximum Gasteiger partial charge on any atom is 0.410 e. The van der Waals surface area contributed by atoms with E-state index in [0.29, 0.717) is 68.5 Å². The Morgan fingerprint density at radius 3 is 2.43 bits per heavy atom. The largest absolute Gasteiger partial charge is 0.457 e. The SMILES string of the molecule is C/C(=C\c1cc(F)c2nnn(C3CCN(S(C)(=O)=O)CC3)c2c1)[C@H]1OC(=O)C[C@H](O)CC[C@H](C)[C@@H](OC(=O)N2CCN(C)CC2)/C=C/[C@@H]1C. The van der Waals surface area contributed by atoms with Gasteiger partial charge in [0.25, 0.3) is 0 Å². The molecule has 0 spiro atoms. The first kappa shape index (κ1) is 36.9. The number of piperidine rings is 1. The molecule has 0 aliphatic carbocycles. The van der Waals surface area contributed by atoms with E-state index in [1.807, 2.05) is 33.0 Å². The van der Waals surface area contributed by atoms with Gasteiger partial charge in [-0.3, -0.25) is 4.79 Å². The molecule has 0 bridgehead atoms. The van der Waals surface area contributed by atoms with Crippen LogP contribution in [0.3, 0.4) is 0 Å². The monoisotopic (exact) mass is 704 g/mol. The summed E-state index contributed by atoms with van der Waals surface area (Å²) in [6.45, 7) is 9.06. The number of nitrogens with zero attached hydrogens (tertiary/aromatic N) is 6. The van der Waals surface area contributed by atoms with Crippen molar-refractivity contribution in [2.24, 2.45) is 11.8 Å². The molecule has 0 unspecified atom stereocenters. The number of likely N-dealkylation sites (N-methyl/N-ethyl adjacent to an activating group) is 1. The molecule has 270 valence electrons. The smallest absolute Gasteiger partial charge is 0.410 e. The summed E-state index contributed by atoms with van der Waals surface area (Å²) in [4.78, 5) is 29.9. The lowest BCUT2D eigenvalue weighted by molar-refractivity contribution is -0.151. The third kappa shape index (κ3) is 9.24. The predicted octanol–water partition coefficient (Wildman–Crippen LogP) is 3.61. The summed E-state index contributed by atoms with van der Waals surface area (Å²) in [5.41, 5.74) is 1.78. The number of carbonyl (C=O) groups excluding carboxylic acids is 2. The first-order chi connectivity index (χ1) is 23.2. The minimum atomic E-state index is -3.30. The van der Waals surface area contributed by atoms with Gasteiger partial charge >= 0.3 is 12.1 Å². The van der Waals surface area contributed by atoms with Crippen LogP contribution in [0.5, 0.6) is 0 Å². The molecule has 1 amide bonds. The number of hydrogen-bond acceptors (Lipinski definition) is 10. The molecule has 13 nitrogen and oxygen atoms in total. The summed E-state index contributed by atoms with van der Waals surface area (Å²) in [5.74, 6) is -1.55. The van der Waals surface area contributed by atoms with Gasteiger partial charge in [-0.25, -0.2) is 26.6 Å². The number of sulfonamides is 1. The first-order valence-corrected chi connectivity index (χ1v) is 18.9. The zero-order valence-corrected chi connectivity index (χ0v) is 29.8. The van der Waals surface area contributed by atoms with Crippen LogP contribution in [0.1, 0.15) is 64.5 Å². The number of halogens is 1. The fourth-order valence-corrected chi connectivity index (χ4v) is 7.64. The molecule has 4 heterocycles. The van der Waals surface area contributed by atoms with Gasteiger partial charge in [0, 0.05) is 45.2 Å². The van der Waals surface area contributed by atoms with Crippen LogP contribution >= 0.6 is 0 Å². The lowest BCUT2D eigenvalue weighted by atomic mass is 9.91. The van der Waals surface area contributed by atoms with Crippen molar-refractivity contribution in [2.45, 2.75) is 77.2 Å². The van der Waals surface area contributed by atoms with Gasteiger partial charge in [-0.15, -0.1) is 5.10 Å². The molecule has 15 heteroatoms. The van der Waals surface area contributed by atoms with Crippen LogP contribution < -0.4 is 0 Å². The third-order valence-electron chi connectivity index (χ3n) is 9.89. The molecule has 5 atom stereocenters. The molecule has 0 saturated carbocycles. The number of piperazine rings is 1. The van der Waals surface area contributed by atoms with Crippen molar-refractivity contribution in [3.05, 3.63) is 41.2 Å². The van der Waals surface area contributed by atoms with E-state index in [0.717, 1.165) is 13.1 Å². The average Bonchev–Trinajstić information content (AvgIpc) is 3.48. The minimum absolute atomic E-state index is 0.105. The molecule has 2 fully saturated rings. The number of ether oxygens (including phenoxy) is 2. The van der Waals surface area contributed by atoms with E-state index in [2.05, 4.69) is 15.2 Å². The Hall–Kier alpha value is -3.40. The molecule has 3 aliphatic rings. The minimum Gasteiger partial charge on any atom is -0.457 e. The highest BCUT2D eigenvalue weighted by molar-refractivity contribution is 7.88. The van der Waals surface area contributed by atoms with Gasteiger partial charge in [0.2, 0.25) is 10.0 Å². The van der Waals surface area contributed by atoms with Crippen molar-refractivity contribution in [3.63, 3.8) is 0 Å². The number of aliphatic hydroxyl groups is 1. The van der Waals surface area contributed by atoms with E-state index in [1.54, 1.807) is 28.6 Å². The van der Waals surface area contributed by atoms with Crippen LogP contribution in [0.25, 0.3) is 17.1 Å². The lowest BCUT2D eigenvalue weighted by Crippen LogP contribution is -2.48. The Morgan fingerprint density at radius 1 is 1.06 bits per heavy atom. The maximum absolute atomic E-state index is 15.4. The highest BCUT2D eigenvalue weighted by Crippen LogP contribution is 2.30. The number of aromatic nitrogens is 3. The molecule has 2 aromatic rings. The average molecular weight is 705 g/mol. The van der Waals surface area contributed by atoms with Crippen molar-refractivity contribution < 1.29 is 37.0 Å². The Morgan fingerprint density at radius 2 is 1.76 bits per heavy atom. The Labute approximate surface area is 287 Å². The summed E-state index contributed by atoms with van der Waals surface area (Å²) in [6, 6.07) is 2.99. The van der Waals surface area contributed by atoms with E-state index >= 15 is 4.39 Å². The van der Waals surface area contributed by atoms with Crippen LogP contribution in [0.4, 0.5) is 9.18 Å². The van der Waals surface area contributed by atoms with Crippen LogP contribution in [0.2, 0.25) is 0 Å². The predicted molar refractivity (Wildman–Crippen MR) is 182 cm³/mol. The topological polar surface area (TPSA) is 147 Å². The number of benzene rings is 1. The summed E-state index contributed by atoms with van der Waals surface area (Å²) in [7, 11) is -1.28. The number of esters is 1. The maximum atomic E-state index is 15.4. The zero-order chi connectivity index (χ0) is 35.5. The second kappa shape index (κ2) is 15.7. The third-order valence-corrected chi connectivity index (χ3v) is 11.2. The molecule has 1 aromatic carbocycles. The normalized spacial score (nSPS) is 28.5. The fourth-order valence-electron chi connectivity index (χ4n) is 6.77. The van der Waals surface area contributed by atoms with Crippen LogP contribution in [-0.2, 0) is 24.3 Å². The van der Waals surface area contributed by atoms with E-state index in [4.69, 9.17) is 9.47 Å². The van der Waals surface area contributed by atoms with Crippen molar-refractivity contribution in [2.75, 3.05) is 52.6 Å². The number of cyclic esters (lactones) is 1. The van der Waals surface area contributed by atoms with Gasteiger partial charge in [-0.05, 0) is 74.9 Å². The van der Waals surface area contributed by atoms with Gasteiger partial charge < -0.3 is 24.4 Å². The highest BCUT2D eigenvalue weighted by atomic mass is 32.2. The molecule has 5 rings (SSSR count). The summed E-state index contributed by atoms with van der Waals surface area (Å²) in [5, 5.41) is 19.0. The number of amides is 1. The molecular weight excluding hydrogens is 655 g/mol. The second-order valence-corrected chi connectivity index (χ2v) is 15.9. The standard InChI is InChI=1S/C34H49FN6O7S/c1-22-6-8-27(42)21-31(43)48-33(23(2)7-9-30(22)47-34(44)39-16-14-38(4)15-17-39)24(3)18-25-19-28(35)32-29(20-25)41(37-36-32)26-10-12-40(13-11-26)49(5,45)46/h7,9,18-20,22-23,26-27,30,33,42H,6,8,10-17,21H2,1-5H3/b9-7+,24-18+/t22-,23-,27+,30-,33-/m0/s1. The molecule has 1 N–H and O–H groups in total. The number of aliphatic hydroxyl groups excluding tert-OH is 1. The van der Waals surface area contributed by atoms with E-state index < -0.39 is 40.1 Å². The van der Waals surface area contributed by atoms with Crippen LogP contribution in [0.15, 0.2) is 29.9 Å². The van der Waals surface area contributed by atoms with Crippen molar-refractivity contribution in [1.29, 1.82) is 0 Å². The molecule has 2 saturated heterocycles. The molecule has 1 aromatic heterocycles. The van der Waals surface area contributed by atoms with Gasteiger partial charge in [0.15, 0.2) is 5.82 Å². The van der Waals surface area contributed by atoms with Crippen molar-refractivity contribution in [1.82, 2.24) is 29.1 Å². The van der Waals surface area contributed by atoms with E-state index in [-0.39, 0.29) is 35.9 Å². The van der Waals surface area contributed by atoms with Gasteiger partial charge in [0.05, 0.1) is 30.3 Å². The van der Waals surface area contributed by atoms with Gasteiger partial charge in [0.1, 0.15) is 17.7 Å². The Kier molecular flexibility index (Phi) is 11.8. The summed E-state index contributed by atoms with van der Waals surface area (Å²) >= 11 is 0. The number of hydrogen-bond donors (Lipinski definition) is 1. The van der Waals surface area contributed by atoms with E-state index in [1.165, 1.54) is 16.6 Å². The van der Waals surface area contributed by atoms with Crippen LogP contribution in [0, 0.1) is 17.7 Å². The number of carbonyl (C=O) groups is 2. The Balaban J connectivity index is 1.39. The second-order valence-electron chi connectivity index (χ2n) is 13.9. The number of fused-ring (bicyclic) bond motifs is 1. The fraction of sp³-hybridized carbons (Fsp3) is 0.647. The van der Waals surface area contributed by atoms with Crippen molar-refractivity contribution >= 4 is 39.2 Å². The first-order valence-electron chi connectivity index (χ1n) is 17.1. The summed E-state index contributed by atoms with van der Waals surface area (Å²) < 4.78 is 54.4. The zero-order valence-electron chi connectivity index (χ0n) is 29.0. The van der Waals surface area contributed by atoms with Crippen molar-refractivity contribution in [3.8, 4) is 0 Å². The summed E-state index contributed by atoms with van der Waals surface area (Å²) in [6.07, 6.45) is 5.84. The highest BCUT2D eigenvalue weighted by Gasteiger charge is 2.30. The van der Waals surface area contributed by atoms with Crippen LogP contribution in [-0.4, -0.2) is 126 Å². The van der Waals surface area contributed by atoms with Gasteiger partial charge in [-0.1, -0.05) is 31.2 Å². The Bertz CT molecular complexity index is 1660. The van der Waals surface area contributed by atoms with Gasteiger partial charge in [-0.2, -0.15) is 0 Å². The quantitative estimate of drug-likeness (QED) is 0.362. The van der Waals surface area contributed by atoms with E-state index in [9.17, 15) is 23.1 Å². The number of rotatable bonds is 5. The molecular formula is C34H49FN6O7S. The lowest BCUT2D eigenvalue weighted by Gasteiger charge is -2.33. The molecule has 49 heavy (non-hydrogen) atoms. The molecule has 0 radical (unpaired) electrons.